The molecule has 0 radical (unpaired) electrons. The normalized spacial score (nSPS) is 11.5. The van der Waals surface area contributed by atoms with Crippen molar-refractivity contribution >= 4 is 35.0 Å². The Bertz CT molecular complexity index is 614. The molecular weight excluding hydrogens is 393 g/mol. The van der Waals surface area contributed by atoms with E-state index in [-0.39, 0.29) is 6.61 Å². The molecule has 0 bridgehead atoms. The van der Waals surface area contributed by atoms with Crippen LogP contribution in [0.1, 0.15) is 11.1 Å². The fourth-order valence-electron chi connectivity index (χ4n) is 1.92. The summed E-state index contributed by atoms with van der Waals surface area (Å²) in [6.45, 7) is 0.182. The van der Waals surface area contributed by atoms with E-state index in [1.165, 1.54) is 0 Å². The van der Waals surface area contributed by atoms with Crippen LogP contribution < -0.4 is 5.32 Å². The predicted octanol–water partition coefficient (Wildman–Crippen LogP) is 3.33. The zero-order chi connectivity index (χ0) is 15.8. The van der Waals surface area contributed by atoms with E-state index in [0.29, 0.717) is 6.42 Å². The molecule has 0 aliphatic heterocycles. The Morgan fingerprint density at radius 3 is 2.41 bits per heavy atom. The van der Waals surface area contributed by atoms with Gasteiger partial charge in [0.25, 0.3) is 0 Å². The van der Waals surface area contributed by atoms with E-state index < -0.39 is 12.1 Å². The van der Waals surface area contributed by atoms with Crippen LogP contribution >= 0.6 is 22.6 Å². The monoisotopic (exact) mass is 409 g/mol. The molecule has 0 aliphatic carbocycles. The van der Waals surface area contributed by atoms with E-state index in [0.717, 1.165) is 21.0 Å². The first-order valence-electron chi connectivity index (χ1n) is 6.84. The Balaban J connectivity index is 1.83. The van der Waals surface area contributed by atoms with Gasteiger partial charge in [0.05, 0.1) is 6.04 Å². The molecule has 0 unspecified atom stereocenters. The Labute approximate surface area is 143 Å². The summed E-state index contributed by atoms with van der Waals surface area (Å²) in [6.07, 6.45) is 0.578. The van der Waals surface area contributed by atoms with Crippen molar-refractivity contribution in [3.8, 4) is 0 Å². The molecule has 2 rings (SSSR count). The van der Waals surface area contributed by atoms with Gasteiger partial charge in [0.2, 0.25) is 0 Å². The fourth-order valence-corrected chi connectivity index (χ4v) is 2.28. The lowest BCUT2D eigenvalue weighted by molar-refractivity contribution is -0.109. The second-order valence-electron chi connectivity index (χ2n) is 4.78. The summed E-state index contributed by atoms with van der Waals surface area (Å²) in [5, 5.41) is 2.57. The molecular formula is C17H16INO3. The van der Waals surface area contributed by atoms with Gasteiger partial charge >= 0.3 is 6.09 Å². The Kier molecular flexibility index (Phi) is 6.39. The molecule has 0 aromatic heterocycles. The van der Waals surface area contributed by atoms with Crippen LogP contribution in [0.15, 0.2) is 54.6 Å². The van der Waals surface area contributed by atoms with Crippen LogP contribution in [0.3, 0.4) is 0 Å². The maximum Gasteiger partial charge on any atom is 0.408 e. The molecule has 0 saturated heterocycles. The van der Waals surface area contributed by atoms with E-state index in [9.17, 15) is 9.59 Å². The van der Waals surface area contributed by atoms with Crippen molar-refractivity contribution in [3.05, 3.63) is 69.3 Å². The number of ether oxygens (including phenoxy) is 1. The Hall–Kier alpha value is -1.89. The number of rotatable bonds is 6. The first-order valence-corrected chi connectivity index (χ1v) is 7.92. The highest BCUT2D eigenvalue weighted by molar-refractivity contribution is 14.1. The molecule has 1 N–H and O–H groups in total. The molecule has 0 fully saturated rings. The standard InChI is InChI=1S/C17H16INO3/c18-15-8-6-13(7-9-15)10-16(11-20)19-17(21)22-12-14-4-2-1-3-5-14/h1-9,11,16H,10,12H2,(H,19,21)/t16-/m0/s1. The number of hydrogen-bond acceptors (Lipinski definition) is 3. The maximum atomic E-state index is 11.7. The van der Waals surface area contributed by atoms with Crippen molar-refractivity contribution in [2.24, 2.45) is 0 Å². The van der Waals surface area contributed by atoms with Crippen LogP contribution in [-0.2, 0) is 22.6 Å². The van der Waals surface area contributed by atoms with Crippen molar-refractivity contribution in [2.75, 3.05) is 0 Å². The van der Waals surface area contributed by atoms with Crippen LogP contribution in [0, 0.1) is 3.57 Å². The molecule has 0 spiro atoms. The van der Waals surface area contributed by atoms with Gasteiger partial charge in [-0.05, 0) is 52.3 Å². The first kappa shape index (κ1) is 16.5. The molecule has 0 saturated carbocycles. The van der Waals surface area contributed by atoms with Crippen LogP contribution in [0.25, 0.3) is 0 Å². The number of hydrogen-bond donors (Lipinski definition) is 1. The summed E-state index contributed by atoms with van der Waals surface area (Å²) < 4.78 is 6.23. The molecule has 22 heavy (non-hydrogen) atoms. The minimum Gasteiger partial charge on any atom is -0.445 e. The zero-order valence-corrected chi connectivity index (χ0v) is 14.0. The predicted molar refractivity (Wildman–Crippen MR) is 92.5 cm³/mol. The largest absolute Gasteiger partial charge is 0.445 e. The Morgan fingerprint density at radius 2 is 1.77 bits per heavy atom. The molecule has 0 aliphatic rings. The van der Waals surface area contributed by atoms with Crippen molar-refractivity contribution in [3.63, 3.8) is 0 Å². The van der Waals surface area contributed by atoms with Crippen LogP contribution in [-0.4, -0.2) is 18.4 Å². The summed E-state index contributed by atoms with van der Waals surface area (Å²) in [6, 6.07) is 16.6. The van der Waals surface area contributed by atoms with Crippen molar-refractivity contribution in [1.29, 1.82) is 0 Å². The number of aldehydes is 1. The third-order valence-electron chi connectivity index (χ3n) is 3.05. The lowest BCUT2D eigenvalue weighted by Gasteiger charge is -2.13. The van der Waals surface area contributed by atoms with Gasteiger partial charge in [-0.3, -0.25) is 0 Å². The van der Waals surface area contributed by atoms with Gasteiger partial charge in [-0.25, -0.2) is 4.79 Å². The number of carbonyl (C=O) groups is 2. The molecule has 5 heteroatoms. The summed E-state index contributed by atoms with van der Waals surface area (Å²) in [5.41, 5.74) is 1.89. The molecule has 1 amide bonds. The third-order valence-corrected chi connectivity index (χ3v) is 3.77. The van der Waals surface area contributed by atoms with E-state index in [1.54, 1.807) is 0 Å². The van der Waals surface area contributed by atoms with E-state index >= 15 is 0 Å². The minimum atomic E-state index is -0.594. The zero-order valence-electron chi connectivity index (χ0n) is 11.9. The topological polar surface area (TPSA) is 55.4 Å². The van der Waals surface area contributed by atoms with E-state index in [1.807, 2.05) is 54.6 Å². The van der Waals surface area contributed by atoms with Gasteiger partial charge in [0.1, 0.15) is 12.9 Å². The molecule has 0 heterocycles. The summed E-state index contributed by atoms with van der Waals surface area (Å²) in [4.78, 5) is 22.9. The number of carbonyl (C=O) groups excluding carboxylic acids is 2. The molecule has 114 valence electrons. The number of halogens is 1. The lowest BCUT2D eigenvalue weighted by Crippen LogP contribution is -2.37. The van der Waals surface area contributed by atoms with Gasteiger partial charge in [-0.2, -0.15) is 0 Å². The van der Waals surface area contributed by atoms with Gasteiger partial charge in [0, 0.05) is 3.57 Å². The smallest absolute Gasteiger partial charge is 0.408 e. The highest BCUT2D eigenvalue weighted by atomic mass is 127. The Morgan fingerprint density at radius 1 is 1.09 bits per heavy atom. The lowest BCUT2D eigenvalue weighted by atomic mass is 10.1. The first-order chi connectivity index (χ1) is 10.7. The van der Waals surface area contributed by atoms with Gasteiger partial charge < -0.3 is 14.8 Å². The highest BCUT2D eigenvalue weighted by Gasteiger charge is 2.13. The number of nitrogens with one attached hydrogen (secondary N) is 1. The van der Waals surface area contributed by atoms with Crippen molar-refractivity contribution in [1.82, 2.24) is 5.32 Å². The van der Waals surface area contributed by atoms with Gasteiger partial charge in [-0.1, -0.05) is 42.5 Å². The fraction of sp³-hybridized carbons (Fsp3) is 0.176. The van der Waals surface area contributed by atoms with E-state index in [2.05, 4.69) is 27.9 Å². The molecule has 2 aromatic rings. The minimum absolute atomic E-state index is 0.182. The van der Waals surface area contributed by atoms with Crippen molar-refractivity contribution < 1.29 is 14.3 Å². The van der Waals surface area contributed by atoms with Crippen LogP contribution in [0.5, 0.6) is 0 Å². The van der Waals surface area contributed by atoms with Crippen LogP contribution in [0.4, 0.5) is 4.79 Å². The third kappa shape index (κ3) is 5.48. The van der Waals surface area contributed by atoms with Gasteiger partial charge in [-0.15, -0.1) is 0 Å². The maximum absolute atomic E-state index is 11.7. The molecule has 2 aromatic carbocycles. The van der Waals surface area contributed by atoms with Gasteiger partial charge in [0.15, 0.2) is 0 Å². The second kappa shape index (κ2) is 8.53. The average molecular weight is 409 g/mol. The summed E-state index contributed by atoms with van der Waals surface area (Å²) in [7, 11) is 0. The highest BCUT2D eigenvalue weighted by Crippen LogP contribution is 2.08. The van der Waals surface area contributed by atoms with E-state index in [4.69, 9.17) is 4.74 Å². The quantitative estimate of drug-likeness (QED) is 0.589. The number of amides is 1. The summed E-state index contributed by atoms with van der Waals surface area (Å²) >= 11 is 2.22. The second-order valence-corrected chi connectivity index (χ2v) is 6.02. The number of alkyl carbamates (subject to hydrolysis) is 1. The molecule has 1 atom stereocenters. The number of benzene rings is 2. The van der Waals surface area contributed by atoms with Crippen molar-refractivity contribution in [2.45, 2.75) is 19.1 Å². The molecule has 4 nitrogen and oxygen atoms in total. The van der Waals surface area contributed by atoms with Crippen LogP contribution in [0.2, 0.25) is 0 Å². The summed E-state index contributed by atoms with van der Waals surface area (Å²) in [5.74, 6) is 0. The SMILES string of the molecule is O=C[C@H](Cc1ccc(I)cc1)NC(=O)OCc1ccccc1. The average Bonchev–Trinajstić information content (AvgIpc) is 2.55.